The van der Waals surface area contributed by atoms with Crippen LogP contribution in [0.5, 0.6) is 0 Å². The number of rotatable bonds is 1. The number of piperidine rings is 1. The first-order valence-electron chi connectivity index (χ1n) is 6.70. The highest BCUT2D eigenvalue weighted by Gasteiger charge is 2.21. The maximum Gasteiger partial charge on any atom is 0.108 e. The van der Waals surface area contributed by atoms with Crippen LogP contribution in [0.4, 0.5) is 0 Å². The second kappa shape index (κ2) is 4.58. The summed E-state index contributed by atoms with van der Waals surface area (Å²) < 4.78 is 2.52. The lowest BCUT2D eigenvalue weighted by atomic mass is 9.95. The molecule has 0 spiro atoms. The van der Waals surface area contributed by atoms with Crippen molar-refractivity contribution in [3.8, 4) is 0 Å². The fourth-order valence-corrected chi connectivity index (χ4v) is 3.06. The van der Waals surface area contributed by atoms with Gasteiger partial charge < -0.3 is 9.88 Å². The maximum absolute atomic E-state index is 4.63. The van der Waals surface area contributed by atoms with Crippen LogP contribution < -0.4 is 5.32 Å². The standard InChI is InChI=1S/C13H21N3/c1-2-4-13-15-10-12(16(13)9-3-1)11-5-7-14-8-6-11/h10-11,14H,1-9H2. The van der Waals surface area contributed by atoms with E-state index in [0.717, 1.165) is 5.92 Å². The van der Waals surface area contributed by atoms with Crippen LogP contribution in [-0.2, 0) is 13.0 Å². The minimum atomic E-state index is 0.751. The Balaban J connectivity index is 1.86. The molecule has 0 atom stereocenters. The summed E-state index contributed by atoms with van der Waals surface area (Å²) in [6, 6.07) is 0. The van der Waals surface area contributed by atoms with Crippen LogP contribution in [-0.4, -0.2) is 22.6 Å². The molecule has 3 heterocycles. The van der Waals surface area contributed by atoms with Crippen LogP contribution in [0.3, 0.4) is 0 Å². The minimum Gasteiger partial charge on any atom is -0.332 e. The first-order valence-corrected chi connectivity index (χ1v) is 6.70. The average Bonchev–Trinajstić information content (AvgIpc) is 2.60. The third-order valence-corrected chi connectivity index (χ3v) is 4.01. The van der Waals surface area contributed by atoms with E-state index in [4.69, 9.17) is 0 Å². The summed E-state index contributed by atoms with van der Waals surface area (Å²) in [7, 11) is 0. The van der Waals surface area contributed by atoms with Crippen LogP contribution in [0, 0.1) is 0 Å². The first-order chi connectivity index (χ1) is 7.95. The third-order valence-electron chi connectivity index (χ3n) is 4.01. The van der Waals surface area contributed by atoms with E-state index in [1.807, 2.05) is 0 Å². The Bertz CT molecular complexity index is 350. The predicted molar refractivity (Wildman–Crippen MR) is 64.6 cm³/mol. The zero-order valence-electron chi connectivity index (χ0n) is 9.91. The Morgan fingerprint density at radius 1 is 1.19 bits per heavy atom. The first kappa shape index (κ1) is 10.3. The van der Waals surface area contributed by atoms with Crippen molar-refractivity contribution in [3.63, 3.8) is 0 Å². The van der Waals surface area contributed by atoms with E-state index in [1.54, 1.807) is 0 Å². The van der Waals surface area contributed by atoms with Gasteiger partial charge in [0.05, 0.1) is 0 Å². The highest BCUT2D eigenvalue weighted by molar-refractivity contribution is 5.13. The molecule has 1 aromatic heterocycles. The monoisotopic (exact) mass is 219 g/mol. The number of fused-ring (bicyclic) bond motifs is 1. The van der Waals surface area contributed by atoms with Gasteiger partial charge in [0.2, 0.25) is 0 Å². The molecule has 1 N–H and O–H groups in total. The van der Waals surface area contributed by atoms with E-state index in [2.05, 4.69) is 21.1 Å². The summed E-state index contributed by atoms with van der Waals surface area (Å²) in [5, 5.41) is 3.44. The van der Waals surface area contributed by atoms with Crippen LogP contribution in [0.2, 0.25) is 0 Å². The van der Waals surface area contributed by atoms with Gasteiger partial charge in [-0.3, -0.25) is 0 Å². The van der Waals surface area contributed by atoms with Gasteiger partial charge in [0, 0.05) is 30.8 Å². The van der Waals surface area contributed by atoms with Crippen molar-refractivity contribution in [2.24, 2.45) is 0 Å². The molecule has 0 aromatic carbocycles. The fraction of sp³-hybridized carbons (Fsp3) is 0.769. The largest absolute Gasteiger partial charge is 0.332 e. The number of aromatic nitrogens is 2. The molecule has 0 saturated carbocycles. The normalized spacial score (nSPS) is 22.8. The molecule has 2 aliphatic rings. The molecule has 0 radical (unpaired) electrons. The van der Waals surface area contributed by atoms with Gasteiger partial charge in [0.15, 0.2) is 0 Å². The van der Waals surface area contributed by atoms with E-state index >= 15 is 0 Å². The van der Waals surface area contributed by atoms with Gasteiger partial charge in [-0.05, 0) is 38.8 Å². The van der Waals surface area contributed by atoms with Crippen LogP contribution in [0.15, 0.2) is 6.20 Å². The van der Waals surface area contributed by atoms with E-state index in [0.29, 0.717) is 0 Å². The number of nitrogens with one attached hydrogen (secondary N) is 1. The van der Waals surface area contributed by atoms with E-state index in [-0.39, 0.29) is 0 Å². The van der Waals surface area contributed by atoms with Gasteiger partial charge >= 0.3 is 0 Å². The SMILES string of the molecule is c1nc2n(c1C1CCNCC1)CCCCC2. The van der Waals surface area contributed by atoms with Crippen molar-refractivity contribution in [2.75, 3.05) is 13.1 Å². The number of imidazole rings is 1. The van der Waals surface area contributed by atoms with Crippen molar-refractivity contribution >= 4 is 0 Å². The molecular formula is C13H21N3. The van der Waals surface area contributed by atoms with Crippen molar-refractivity contribution < 1.29 is 0 Å². The molecular weight excluding hydrogens is 198 g/mol. The Morgan fingerprint density at radius 3 is 2.94 bits per heavy atom. The van der Waals surface area contributed by atoms with E-state index in [9.17, 15) is 0 Å². The molecule has 2 aliphatic heterocycles. The average molecular weight is 219 g/mol. The Hall–Kier alpha value is -0.830. The highest BCUT2D eigenvalue weighted by Crippen LogP contribution is 2.28. The summed E-state index contributed by atoms with van der Waals surface area (Å²) in [6.07, 6.45) is 9.93. The maximum atomic E-state index is 4.63. The molecule has 0 unspecified atom stereocenters. The van der Waals surface area contributed by atoms with Gasteiger partial charge in [-0.2, -0.15) is 0 Å². The molecule has 88 valence electrons. The zero-order chi connectivity index (χ0) is 10.8. The predicted octanol–water partition coefficient (Wildman–Crippen LogP) is 2.08. The van der Waals surface area contributed by atoms with E-state index in [1.165, 1.54) is 69.7 Å². The lowest BCUT2D eigenvalue weighted by Crippen LogP contribution is -2.27. The second-order valence-electron chi connectivity index (χ2n) is 5.09. The smallest absolute Gasteiger partial charge is 0.108 e. The fourth-order valence-electron chi connectivity index (χ4n) is 3.06. The molecule has 1 fully saturated rings. The van der Waals surface area contributed by atoms with Crippen molar-refractivity contribution in [1.82, 2.24) is 14.9 Å². The van der Waals surface area contributed by atoms with Crippen LogP contribution in [0.1, 0.15) is 49.5 Å². The molecule has 3 rings (SSSR count). The summed E-state index contributed by atoms with van der Waals surface area (Å²) in [5.41, 5.74) is 1.51. The molecule has 3 nitrogen and oxygen atoms in total. The molecule has 16 heavy (non-hydrogen) atoms. The number of hydrogen-bond acceptors (Lipinski definition) is 2. The third kappa shape index (κ3) is 1.88. The molecule has 1 aromatic rings. The lowest BCUT2D eigenvalue weighted by Gasteiger charge is -2.24. The molecule has 0 bridgehead atoms. The van der Waals surface area contributed by atoms with Gasteiger partial charge in [-0.25, -0.2) is 4.98 Å². The highest BCUT2D eigenvalue weighted by atomic mass is 15.1. The van der Waals surface area contributed by atoms with Crippen LogP contribution in [0.25, 0.3) is 0 Å². The molecule has 3 heteroatoms. The van der Waals surface area contributed by atoms with Crippen molar-refractivity contribution in [1.29, 1.82) is 0 Å². The van der Waals surface area contributed by atoms with Gasteiger partial charge in [-0.15, -0.1) is 0 Å². The quantitative estimate of drug-likeness (QED) is 0.783. The minimum absolute atomic E-state index is 0.751. The second-order valence-corrected chi connectivity index (χ2v) is 5.09. The van der Waals surface area contributed by atoms with Gasteiger partial charge in [0.1, 0.15) is 5.82 Å². The summed E-state index contributed by atoms with van der Waals surface area (Å²) in [6.45, 7) is 3.55. The molecule has 0 aliphatic carbocycles. The zero-order valence-corrected chi connectivity index (χ0v) is 9.91. The van der Waals surface area contributed by atoms with Gasteiger partial charge in [-0.1, -0.05) is 6.42 Å². The lowest BCUT2D eigenvalue weighted by molar-refractivity contribution is 0.436. The Labute approximate surface area is 97.3 Å². The van der Waals surface area contributed by atoms with Crippen LogP contribution >= 0.6 is 0 Å². The number of aryl methyl sites for hydroxylation is 1. The topological polar surface area (TPSA) is 29.9 Å². The van der Waals surface area contributed by atoms with E-state index < -0.39 is 0 Å². The number of nitrogens with zero attached hydrogens (tertiary/aromatic N) is 2. The summed E-state index contributed by atoms with van der Waals surface area (Å²) in [5.74, 6) is 2.09. The number of hydrogen-bond donors (Lipinski definition) is 1. The summed E-state index contributed by atoms with van der Waals surface area (Å²) >= 11 is 0. The Morgan fingerprint density at radius 2 is 2.06 bits per heavy atom. The van der Waals surface area contributed by atoms with Gasteiger partial charge in [0.25, 0.3) is 0 Å². The molecule has 1 saturated heterocycles. The summed E-state index contributed by atoms with van der Waals surface area (Å²) in [4.78, 5) is 4.63. The van der Waals surface area contributed by atoms with Crippen molar-refractivity contribution in [3.05, 3.63) is 17.7 Å². The van der Waals surface area contributed by atoms with Crippen molar-refractivity contribution in [2.45, 2.75) is 51.0 Å². The Kier molecular flexibility index (Phi) is 2.96. The molecule has 0 amide bonds.